The Hall–Kier alpha value is -2.30. The maximum atomic E-state index is 12.0. The molecule has 2 rings (SSSR count). The summed E-state index contributed by atoms with van der Waals surface area (Å²) in [6.07, 6.45) is 6.85. The molecule has 1 aromatic carbocycles. The highest BCUT2D eigenvalue weighted by molar-refractivity contribution is 5.94. The molecular formula is C18H25N3O2. The molecule has 0 heterocycles. The van der Waals surface area contributed by atoms with Gasteiger partial charge in [0.2, 0.25) is 0 Å². The molecule has 0 unspecified atom stereocenters. The van der Waals surface area contributed by atoms with E-state index in [0.717, 1.165) is 24.8 Å². The minimum absolute atomic E-state index is 0.0645. The van der Waals surface area contributed by atoms with Crippen molar-refractivity contribution in [1.82, 2.24) is 16.0 Å². The Bertz CT molecular complexity index is 558. The van der Waals surface area contributed by atoms with Crippen LogP contribution in [0.25, 0.3) is 0 Å². The SMILES string of the molecule is CC[C@@H](C)NC(=O)c1ccc(CNC(=O)NC2CC=CC2)cc1. The first-order chi connectivity index (χ1) is 11.1. The summed E-state index contributed by atoms with van der Waals surface area (Å²) in [5.41, 5.74) is 1.60. The van der Waals surface area contributed by atoms with Gasteiger partial charge in [-0.05, 0) is 43.9 Å². The molecule has 0 spiro atoms. The molecule has 0 aromatic heterocycles. The molecule has 1 aromatic rings. The summed E-state index contributed by atoms with van der Waals surface area (Å²) in [6, 6.07) is 7.52. The van der Waals surface area contributed by atoms with Crippen molar-refractivity contribution in [2.45, 2.75) is 51.7 Å². The minimum atomic E-state index is -0.155. The summed E-state index contributed by atoms with van der Waals surface area (Å²) in [5.74, 6) is -0.0645. The Morgan fingerprint density at radius 1 is 1.17 bits per heavy atom. The van der Waals surface area contributed by atoms with Crippen molar-refractivity contribution >= 4 is 11.9 Å². The van der Waals surface area contributed by atoms with Gasteiger partial charge in [0, 0.05) is 24.2 Å². The molecule has 1 atom stereocenters. The van der Waals surface area contributed by atoms with Crippen molar-refractivity contribution in [3.63, 3.8) is 0 Å². The lowest BCUT2D eigenvalue weighted by Gasteiger charge is -2.13. The van der Waals surface area contributed by atoms with E-state index in [1.807, 2.05) is 26.0 Å². The van der Waals surface area contributed by atoms with Crippen LogP contribution in [-0.2, 0) is 6.54 Å². The minimum Gasteiger partial charge on any atom is -0.350 e. The molecule has 1 aliphatic rings. The number of rotatable bonds is 6. The van der Waals surface area contributed by atoms with Crippen LogP contribution in [0.1, 0.15) is 49.0 Å². The maximum Gasteiger partial charge on any atom is 0.315 e. The van der Waals surface area contributed by atoms with E-state index in [-0.39, 0.29) is 24.0 Å². The lowest BCUT2D eigenvalue weighted by atomic mass is 10.1. The van der Waals surface area contributed by atoms with E-state index in [1.54, 1.807) is 12.1 Å². The Labute approximate surface area is 137 Å². The number of benzene rings is 1. The van der Waals surface area contributed by atoms with Gasteiger partial charge in [-0.3, -0.25) is 4.79 Å². The molecule has 1 aliphatic carbocycles. The standard InChI is InChI=1S/C18H25N3O2/c1-3-13(2)20-17(22)15-10-8-14(9-11-15)12-19-18(23)21-16-6-4-5-7-16/h4-5,8-11,13,16H,3,6-7,12H2,1-2H3,(H,20,22)(H2,19,21,23)/t13-/m1/s1. The van der Waals surface area contributed by atoms with Crippen LogP contribution in [0.3, 0.4) is 0 Å². The van der Waals surface area contributed by atoms with Crippen LogP contribution in [0.2, 0.25) is 0 Å². The molecule has 0 fully saturated rings. The number of carbonyl (C=O) groups excluding carboxylic acids is 2. The molecule has 3 amide bonds. The van der Waals surface area contributed by atoms with Gasteiger partial charge in [0.15, 0.2) is 0 Å². The first-order valence-corrected chi connectivity index (χ1v) is 8.17. The van der Waals surface area contributed by atoms with Crippen LogP contribution in [0.15, 0.2) is 36.4 Å². The molecular weight excluding hydrogens is 290 g/mol. The van der Waals surface area contributed by atoms with Crippen LogP contribution in [-0.4, -0.2) is 24.0 Å². The molecule has 0 saturated heterocycles. The van der Waals surface area contributed by atoms with E-state index in [4.69, 9.17) is 0 Å². The second-order valence-corrected chi connectivity index (χ2v) is 5.95. The topological polar surface area (TPSA) is 70.2 Å². The van der Waals surface area contributed by atoms with Gasteiger partial charge in [-0.25, -0.2) is 4.79 Å². The maximum absolute atomic E-state index is 12.0. The van der Waals surface area contributed by atoms with Crippen molar-refractivity contribution in [2.75, 3.05) is 0 Å². The number of hydrogen-bond donors (Lipinski definition) is 3. The second kappa shape index (κ2) is 8.36. The predicted molar refractivity (Wildman–Crippen MR) is 91.2 cm³/mol. The summed E-state index contributed by atoms with van der Waals surface area (Å²) in [7, 11) is 0. The third-order valence-corrected chi connectivity index (χ3v) is 4.00. The predicted octanol–water partition coefficient (Wildman–Crippen LogP) is 2.73. The quantitative estimate of drug-likeness (QED) is 0.706. The molecule has 0 saturated carbocycles. The molecule has 5 nitrogen and oxygen atoms in total. The third kappa shape index (κ3) is 5.43. The van der Waals surface area contributed by atoms with Gasteiger partial charge in [0.05, 0.1) is 0 Å². The lowest BCUT2D eigenvalue weighted by Crippen LogP contribution is -2.40. The number of amides is 3. The third-order valence-electron chi connectivity index (χ3n) is 4.00. The van der Waals surface area contributed by atoms with Crippen LogP contribution in [0.4, 0.5) is 4.79 Å². The summed E-state index contributed by atoms with van der Waals surface area (Å²) < 4.78 is 0. The molecule has 0 aliphatic heterocycles. The Morgan fingerprint density at radius 3 is 2.43 bits per heavy atom. The molecule has 124 valence electrons. The smallest absolute Gasteiger partial charge is 0.315 e. The van der Waals surface area contributed by atoms with Crippen molar-refractivity contribution in [3.05, 3.63) is 47.5 Å². The van der Waals surface area contributed by atoms with Crippen molar-refractivity contribution in [1.29, 1.82) is 0 Å². The zero-order valence-electron chi connectivity index (χ0n) is 13.8. The van der Waals surface area contributed by atoms with Crippen LogP contribution >= 0.6 is 0 Å². The fourth-order valence-corrected chi connectivity index (χ4v) is 2.34. The Morgan fingerprint density at radius 2 is 1.83 bits per heavy atom. The van der Waals surface area contributed by atoms with E-state index < -0.39 is 0 Å². The van der Waals surface area contributed by atoms with Crippen LogP contribution in [0.5, 0.6) is 0 Å². The van der Waals surface area contributed by atoms with Crippen molar-refractivity contribution in [2.24, 2.45) is 0 Å². The first-order valence-electron chi connectivity index (χ1n) is 8.17. The van der Waals surface area contributed by atoms with Gasteiger partial charge in [-0.2, -0.15) is 0 Å². The van der Waals surface area contributed by atoms with E-state index in [1.165, 1.54) is 0 Å². The van der Waals surface area contributed by atoms with Gasteiger partial charge < -0.3 is 16.0 Å². The van der Waals surface area contributed by atoms with E-state index in [0.29, 0.717) is 12.1 Å². The number of hydrogen-bond acceptors (Lipinski definition) is 2. The number of nitrogens with one attached hydrogen (secondary N) is 3. The summed E-state index contributed by atoms with van der Waals surface area (Å²) in [5, 5.41) is 8.70. The molecule has 23 heavy (non-hydrogen) atoms. The monoisotopic (exact) mass is 315 g/mol. The Balaban J connectivity index is 1.78. The summed E-state index contributed by atoms with van der Waals surface area (Å²) in [4.78, 5) is 23.8. The van der Waals surface area contributed by atoms with E-state index in [2.05, 4.69) is 28.1 Å². The van der Waals surface area contributed by atoms with Crippen LogP contribution < -0.4 is 16.0 Å². The zero-order valence-corrected chi connectivity index (χ0v) is 13.8. The molecule has 3 N–H and O–H groups in total. The van der Waals surface area contributed by atoms with E-state index in [9.17, 15) is 9.59 Å². The van der Waals surface area contributed by atoms with Crippen molar-refractivity contribution in [3.8, 4) is 0 Å². The normalized spacial score (nSPS) is 15.2. The molecule has 0 bridgehead atoms. The summed E-state index contributed by atoms with van der Waals surface area (Å²) in [6.45, 7) is 4.46. The van der Waals surface area contributed by atoms with Gasteiger partial charge in [0.1, 0.15) is 0 Å². The van der Waals surface area contributed by atoms with Gasteiger partial charge in [0.25, 0.3) is 5.91 Å². The summed E-state index contributed by atoms with van der Waals surface area (Å²) >= 11 is 0. The highest BCUT2D eigenvalue weighted by Gasteiger charge is 2.13. The molecule has 5 heteroatoms. The van der Waals surface area contributed by atoms with Crippen molar-refractivity contribution < 1.29 is 9.59 Å². The zero-order chi connectivity index (χ0) is 16.7. The number of urea groups is 1. The first kappa shape index (κ1) is 17.1. The molecule has 0 radical (unpaired) electrons. The lowest BCUT2D eigenvalue weighted by molar-refractivity contribution is 0.0939. The van der Waals surface area contributed by atoms with Crippen LogP contribution in [0, 0.1) is 0 Å². The fourth-order valence-electron chi connectivity index (χ4n) is 2.34. The average molecular weight is 315 g/mol. The highest BCUT2D eigenvalue weighted by atomic mass is 16.2. The van der Waals surface area contributed by atoms with Gasteiger partial charge in [-0.15, -0.1) is 0 Å². The second-order valence-electron chi connectivity index (χ2n) is 5.95. The fraction of sp³-hybridized carbons (Fsp3) is 0.444. The van der Waals surface area contributed by atoms with E-state index >= 15 is 0 Å². The van der Waals surface area contributed by atoms with Gasteiger partial charge >= 0.3 is 6.03 Å². The average Bonchev–Trinajstić information content (AvgIpc) is 3.06. The van der Waals surface area contributed by atoms with Gasteiger partial charge in [-0.1, -0.05) is 31.2 Å². The number of carbonyl (C=O) groups is 2. The Kier molecular flexibility index (Phi) is 6.20. The largest absolute Gasteiger partial charge is 0.350 e. The highest BCUT2D eigenvalue weighted by Crippen LogP contribution is 2.09.